The van der Waals surface area contributed by atoms with Crippen molar-refractivity contribution in [1.82, 2.24) is 14.5 Å². The van der Waals surface area contributed by atoms with Crippen molar-refractivity contribution in [1.29, 1.82) is 0 Å². The highest BCUT2D eigenvalue weighted by molar-refractivity contribution is 5.79. The van der Waals surface area contributed by atoms with Gasteiger partial charge in [0.2, 0.25) is 0 Å². The molecule has 1 aliphatic rings. The van der Waals surface area contributed by atoms with E-state index in [1.54, 1.807) is 10.9 Å². The van der Waals surface area contributed by atoms with Gasteiger partial charge in [-0.25, -0.2) is 4.98 Å². The zero-order valence-corrected chi connectivity index (χ0v) is 12.2. The largest absolute Gasteiger partial charge is 0.302 e. The summed E-state index contributed by atoms with van der Waals surface area (Å²) in [5, 5.41) is 0.733. The molecule has 1 aromatic heterocycles. The molecule has 1 saturated heterocycles. The summed E-state index contributed by atoms with van der Waals surface area (Å²) in [4.78, 5) is 19.3. The number of aryl methyl sites for hydroxylation is 2. The molecule has 1 aromatic carbocycles. The lowest BCUT2D eigenvalue weighted by Gasteiger charge is -2.15. The molecule has 0 amide bonds. The molecule has 106 valence electrons. The van der Waals surface area contributed by atoms with Gasteiger partial charge in [-0.1, -0.05) is 0 Å². The Kier molecular flexibility index (Phi) is 3.57. The summed E-state index contributed by atoms with van der Waals surface area (Å²) in [5.41, 5.74) is 3.21. The zero-order chi connectivity index (χ0) is 14.1. The van der Waals surface area contributed by atoms with E-state index in [0.29, 0.717) is 0 Å². The van der Waals surface area contributed by atoms with Gasteiger partial charge in [-0.15, -0.1) is 0 Å². The van der Waals surface area contributed by atoms with Crippen molar-refractivity contribution in [2.75, 3.05) is 19.6 Å². The average Bonchev–Trinajstić information content (AvgIpc) is 2.94. The van der Waals surface area contributed by atoms with Gasteiger partial charge in [-0.2, -0.15) is 0 Å². The maximum Gasteiger partial charge on any atom is 0.261 e. The molecule has 3 rings (SSSR count). The molecule has 4 nitrogen and oxygen atoms in total. The van der Waals surface area contributed by atoms with Crippen molar-refractivity contribution >= 4 is 10.9 Å². The summed E-state index contributed by atoms with van der Waals surface area (Å²) >= 11 is 0. The second-order valence-corrected chi connectivity index (χ2v) is 5.75. The second kappa shape index (κ2) is 5.37. The van der Waals surface area contributed by atoms with Crippen LogP contribution in [0.15, 0.2) is 23.3 Å². The van der Waals surface area contributed by atoms with Gasteiger partial charge < -0.3 is 4.90 Å². The van der Waals surface area contributed by atoms with E-state index in [4.69, 9.17) is 0 Å². The van der Waals surface area contributed by atoms with Crippen LogP contribution in [-0.4, -0.2) is 34.1 Å². The Morgan fingerprint density at radius 2 is 1.80 bits per heavy atom. The molecule has 0 unspecified atom stereocenters. The number of nitrogens with zero attached hydrogens (tertiary/aromatic N) is 3. The van der Waals surface area contributed by atoms with E-state index in [2.05, 4.69) is 16.8 Å². The van der Waals surface area contributed by atoms with E-state index in [9.17, 15) is 4.79 Å². The smallest absolute Gasteiger partial charge is 0.261 e. The summed E-state index contributed by atoms with van der Waals surface area (Å²) in [7, 11) is 0. The maximum absolute atomic E-state index is 12.5. The van der Waals surface area contributed by atoms with Crippen LogP contribution in [0.4, 0.5) is 0 Å². The third kappa shape index (κ3) is 2.48. The number of likely N-dealkylation sites (tertiary alicyclic amines) is 1. The van der Waals surface area contributed by atoms with Gasteiger partial charge in [-0.05, 0) is 63.0 Å². The molecule has 0 N–H and O–H groups in total. The molecule has 0 aliphatic carbocycles. The Morgan fingerprint density at radius 1 is 1.10 bits per heavy atom. The molecule has 2 heterocycles. The fraction of sp³-hybridized carbons (Fsp3) is 0.500. The van der Waals surface area contributed by atoms with Gasteiger partial charge in [0, 0.05) is 13.1 Å². The number of fused-ring (bicyclic) bond motifs is 1. The van der Waals surface area contributed by atoms with Crippen LogP contribution in [0.2, 0.25) is 0 Å². The highest BCUT2D eigenvalue weighted by atomic mass is 16.1. The van der Waals surface area contributed by atoms with Crippen molar-refractivity contribution in [3.63, 3.8) is 0 Å². The topological polar surface area (TPSA) is 38.1 Å². The molecule has 0 atom stereocenters. The van der Waals surface area contributed by atoms with E-state index >= 15 is 0 Å². The van der Waals surface area contributed by atoms with E-state index in [1.807, 2.05) is 19.1 Å². The molecular weight excluding hydrogens is 250 g/mol. The number of hydrogen-bond acceptors (Lipinski definition) is 3. The van der Waals surface area contributed by atoms with E-state index in [1.165, 1.54) is 18.4 Å². The number of rotatable bonds is 3. The van der Waals surface area contributed by atoms with E-state index in [-0.39, 0.29) is 5.56 Å². The fourth-order valence-corrected chi connectivity index (χ4v) is 2.83. The molecule has 4 heteroatoms. The lowest BCUT2D eigenvalue weighted by molar-refractivity contribution is 0.320. The standard InChI is InChI=1S/C16H21N3O/c1-12-9-14-15(10-13(12)2)17-11-19(16(14)20)8-7-18-5-3-4-6-18/h9-11H,3-8H2,1-2H3. The molecular formula is C16H21N3O. The Bertz CT molecular complexity index is 684. The molecule has 20 heavy (non-hydrogen) atoms. The van der Waals surface area contributed by atoms with Crippen molar-refractivity contribution in [3.05, 3.63) is 39.9 Å². The van der Waals surface area contributed by atoms with Crippen molar-refractivity contribution < 1.29 is 0 Å². The minimum Gasteiger partial charge on any atom is -0.302 e. The number of aromatic nitrogens is 2. The van der Waals surface area contributed by atoms with Crippen LogP contribution in [0.5, 0.6) is 0 Å². The first kappa shape index (κ1) is 13.3. The van der Waals surface area contributed by atoms with Crippen LogP contribution < -0.4 is 5.56 Å². The van der Waals surface area contributed by atoms with Gasteiger partial charge in [0.05, 0.1) is 17.2 Å². The quantitative estimate of drug-likeness (QED) is 0.858. The summed E-state index contributed by atoms with van der Waals surface area (Å²) in [6, 6.07) is 3.96. The highest BCUT2D eigenvalue weighted by Crippen LogP contribution is 2.14. The third-order valence-electron chi connectivity index (χ3n) is 4.30. The van der Waals surface area contributed by atoms with Crippen LogP contribution in [0.1, 0.15) is 24.0 Å². The molecule has 1 fully saturated rings. The monoisotopic (exact) mass is 271 g/mol. The van der Waals surface area contributed by atoms with Gasteiger partial charge >= 0.3 is 0 Å². The van der Waals surface area contributed by atoms with Crippen molar-refractivity contribution in [2.24, 2.45) is 0 Å². The third-order valence-corrected chi connectivity index (χ3v) is 4.30. The Hall–Kier alpha value is -1.68. The zero-order valence-electron chi connectivity index (χ0n) is 12.2. The van der Waals surface area contributed by atoms with Gasteiger partial charge in [0.25, 0.3) is 5.56 Å². The van der Waals surface area contributed by atoms with Gasteiger partial charge in [0.15, 0.2) is 0 Å². The summed E-state index contributed by atoms with van der Waals surface area (Å²) in [6.07, 6.45) is 4.25. The minimum absolute atomic E-state index is 0.0808. The SMILES string of the molecule is Cc1cc2ncn(CCN3CCCC3)c(=O)c2cc1C. The summed E-state index contributed by atoms with van der Waals surface area (Å²) in [5.74, 6) is 0. The molecule has 0 bridgehead atoms. The van der Waals surface area contributed by atoms with Gasteiger partial charge in [-0.3, -0.25) is 9.36 Å². The molecule has 0 saturated carbocycles. The van der Waals surface area contributed by atoms with E-state index < -0.39 is 0 Å². The Morgan fingerprint density at radius 3 is 2.55 bits per heavy atom. The average molecular weight is 271 g/mol. The first-order chi connectivity index (χ1) is 9.65. The predicted molar refractivity (Wildman–Crippen MR) is 81.2 cm³/mol. The maximum atomic E-state index is 12.5. The lowest BCUT2D eigenvalue weighted by Crippen LogP contribution is -2.29. The second-order valence-electron chi connectivity index (χ2n) is 5.75. The van der Waals surface area contributed by atoms with Crippen LogP contribution in [0, 0.1) is 13.8 Å². The van der Waals surface area contributed by atoms with Crippen molar-refractivity contribution in [2.45, 2.75) is 33.2 Å². The van der Waals surface area contributed by atoms with Crippen molar-refractivity contribution in [3.8, 4) is 0 Å². The number of benzene rings is 1. The van der Waals surface area contributed by atoms with Crippen LogP contribution >= 0.6 is 0 Å². The minimum atomic E-state index is 0.0808. The summed E-state index contributed by atoms with van der Waals surface area (Å²) < 4.78 is 1.75. The normalized spacial score (nSPS) is 16.1. The molecule has 2 aromatic rings. The Labute approximate surface area is 119 Å². The van der Waals surface area contributed by atoms with Crippen LogP contribution in [-0.2, 0) is 6.54 Å². The predicted octanol–water partition coefficient (Wildman–Crippen LogP) is 2.11. The first-order valence-corrected chi connectivity index (χ1v) is 7.34. The fourth-order valence-electron chi connectivity index (χ4n) is 2.83. The molecule has 1 aliphatic heterocycles. The van der Waals surface area contributed by atoms with E-state index in [0.717, 1.165) is 42.6 Å². The van der Waals surface area contributed by atoms with Crippen LogP contribution in [0.25, 0.3) is 10.9 Å². The lowest BCUT2D eigenvalue weighted by atomic mass is 10.1. The summed E-state index contributed by atoms with van der Waals surface area (Å²) in [6.45, 7) is 8.08. The highest BCUT2D eigenvalue weighted by Gasteiger charge is 2.12. The Balaban J connectivity index is 1.90. The van der Waals surface area contributed by atoms with Gasteiger partial charge in [0.1, 0.15) is 0 Å². The molecule has 0 spiro atoms. The molecule has 0 radical (unpaired) electrons. The van der Waals surface area contributed by atoms with Crippen LogP contribution in [0.3, 0.4) is 0 Å². The number of hydrogen-bond donors (Lipinski definition) is 0. The first-order valence-electron chi connectivity index (χ1n) is 7.34.